The molecule has 0 bridgehead atoms. The van der Waals surface area contributed by atoms with E-state index in [1.165, 1.54) is 35.1 Å². The van der Waals surface area contributed by atoms with Crippen LogP contribution in [0.5, 0.6) is 5.75 Å². The highest BCUT2D eigenvalue weighted by atomic mass is 16.5. The number of benzene rings is 2. The van der Waals surface area contributed by atoms with Crippen molar-refractivity contribution in [1.29, 1.82) is 0 Å². The van der Waals surface area contributed by atoms with E-state index in [9.17, 15) is 0 Å². The third-order valence-electron chi connectivity index (χ3n) is 5.53. The number of ether oxygens (including phenoxy) is 1. The maximum absolute atomic E-state index is 6.29. The predicted molar refractivity (Wildman–Crippen MR) is 111 cm³/mol. The molecule has 2 heteroatoms. The van der Waals surface area contributed by atoms with Crippen molar-refractivity contribution in [2.45, 2.75) is 64.4 Å². The summed E-state index contributed by atoms with van der Waals surface area (Å²) in [4.78, 5) is 3.93. The minimum Gasteiger partial charge on any atom is -0.490 e. The van der Waals surface area contributed by atoms with Gasteiger partial charge >= 0.3 is 0 Å². The summed E-state index contributed by atoms with van der Waals surface area (Å²) in [5, 5.41) is 0. The van der Waals surface area contributed by atoms with Gasteiger partial charge in [-0.2, -0.15) is 0 Å². The molecule has 2 aromatic carbocycles. The van der Waals surface area contributed by atoms with Gasteiger partial charge in [-0.25, -0.2) is 0 Å². The quantitative estimate of drug-likeness (QED) is 0.441. The Morgan fingerprint density at radius 2 is 1.73 bits per heavy atom. The Morgan fingerprint density at radius 1 is 1.00 bits per heavy atom. The topological polar surface area (TPSA) is 21.6 Å². The van der Waals surface area contributed by atoms with E-state index >= 15 is 0 Å². The molecule has 0 heterocycles. The van der Waals surface area contributed by atoms with Crippen LogP contribution in [0.3, 0.4) is 0 Å². The average molecular weight is 350 g/mol. The lowest BCUT2D eigenvalue weighted by atomic mass is 9.82. The van der Waals surface area contributed by atoms with Gasteiger partial charge in [-0.15, -0.1) is 0 Å². The van der Waals surface area contributed by atoms with Crippen LogP contribution in [0.25, 0.3) is 0 Å². The fraction of sp³-hybridized carbons (Fsp3) is 0.458. The summed E-state index contributed by atoms with van der Waals surface area (Å²) in [6.45, 7) is 8.67. The number of aliphatic imine (C=N–C) groups is 1. The van der Waals surface area contributed by atoms with Crippen LogP contribution in [-0.4, -0.2) is 19.4 Å². The molecule has 138 valence electrons. The normalized spacial score (nSPS) is 19.9. The van der Waals surface area contributed by atoms with Gasteiger partial charge in [-0.3, -0.25) is 0 Å². The molecule has 0 aliphatic heterocycles. The van der Waals surface area contributed by atoms with Crippen molar-refractivity contribution >= 4 is 6.72 Å². The molecule has 0 N–H and O–H groups in total. The molecule has 0 unspecified atom stereocenters. The van der Waals surface area contributed by atoms with Gasteiger partial charge < -0.3 is 9.73 Å². The SMILES string of the molecule is C=NCCCc1ccc(C2CCC(Oc3ccc(C)cc3C)CC2)cc1. The van der Waals surface area contributed by atoms with Gasteiger partial charge in [-0.1, -0.05) is 42.0 Å². The molecule has 1 saturated carbocycles. The molecule has 1 aliphatic rings. The average Bonchev–Trinajstić information content (AvgIpc) is 2.65. The van der Waals surface area contributed by atoms with Crippen LogP contribution in [-0.2, 0) is 6.42 Å². The van der Waals surface area contributed by atoms with E-state index in [1.807, 2.05) is 0 Å². The van der Waals surface area contributed by atoms with Gasteiger partial charge in [0.25, 0.3) is 0 Å². The molecule has 0 radical (unpaired) electrons. The first-order chi connectivity index (χ1) is 12.7. The summed E-state index contributed by atoms with van der Waals surface area (Å²) in [6, 6.07) is 15.7. The molecule has 0 saturated heterocycles. The first kappa shape index (κ1) is 18.7. The Bertz CT molecular complexity index is 711. The van der Waals surface area contributed by atoms with Gasteiger partial charge in [0.15, 0.2) is 0 Å². The molecule has 0 atom stereocenters. The maximum atomic E-state index is 6.29. The third kappa shape index (κ3) is 4.97. The molecular formula is C24H31NO. The van der Waals surface area contributed by atoms with Crippen LogP contribution >= 0.6 is 0 Å². The van der Waals surface area contributed by atoms with Crippen LogP contribution in [0.4, 0.5) is 0 Å². The van der Waals surface area contributed by atoms with E-state index in [0.29, 0.717) is 12.0 Å². The molecule has 1 fully saturated rings. The van der Waals surface area contributed by atoms with E-state index in [2.05, 4.69) is 68.0 Å². The van der Waals surface area contributed by atoms with Gasteiger partial charge in [-0.05, 0) is 87.8 Å². The van der Waals surface area contributed by atoms with Crippen LogP contribution in [0, 0.1) is 13.8 Å². The van der Waals surface area contributed by atoms with Crippen molar-refractivity contribution in [2.75, 3.05) is 6.54 Å². The van der Waals surface area contributed by atoms with Crippen LogP contribution < -0.4 is 4.74 Å². The minimum absolute atomic E-state index is 0.360. The van der Waals surface area contributed by atoms with Crippen molar-refractivity contribution in [3.63, 3.8) is 0 Å². The summed E-state index contributed by atoms with van der Waals surface area (Å²) in [5.41, 5.74) is 5.43. The van der Waals surface area contributed by atoms with E-state index in [0.717, 1.165) is 38.0 Å². The second-order valence-electron chi connectivity index (χ2n) is 7.65. The van der Waals surface area contributed by atoms with Crippen molar-refractivity contribution in [3.8, 4) is 5.75 Å². The fourth-order valence-corrected chi connectivity index (χ4v) is 3.98. The van der Waals surface area contributed by atoms with Gasteiger partial charge in [0, 0.05) is 6.54 Å². The summed E-state index contributed by atoms with van der Waals surface area (Å²) >= 11 is 0. The molecule has 0 spiro atoms. The highest BCUT2D eigenvalue weighted by molar-refractivity contribution is 5.36. The Kier molecular flexibility index (Phi) is 6.49. The molecule has 3 rings (SSSR count). The van der Waals surface area contributed by atoms with Crippen molar-refractivity contribution in [2.24, 2.45) is 4.99 Å². The fourth-order valence-electron chi connectivity index (χ4n) is 3.98. The zero-order valence-electron chi connectivity index (χ0n) is 16.2. The second kappa shape index (κ2) is 9.02. The van der Waals surface area contributed by atoms with E-state index in [-0.39, 0.29) is 0 Å². The lowest BCUT2D eigenvalue weighted by Gasteiger charge is -2.30. The van der Waals surface area contributed by atoms with Crippen LogP contribution in [0.1, 0.15) is 60.3 Å². The van der Waals surface area contributed by atoms with Gasteiger partial charge in [0.05, 0.1) is 6.10 Å². The number of nitrogens with zero attached hydrogens (tertiary/aromatic N) is 1. The summed E-state index contributed by atoms with van der Waals surface area (Å²) < 4.78 is 6.29. The van der Waals surface area contributed by atoms with E-state index < -0.39 is 0 Å². The molecule has 26 heavy (non-hydrogen) atoms. The third-order valence-corrected chi connectivity index (χ3v) is 5.53. The van der Waals surface area contributed by atoms with Crippen LogP contribution in [0.2, 0.25) is 0 Å². The number of rotatable bonds is 7. The minimum atomic E-state index is 0.360. The Morgan fingerprint density at radius 3 is 2.38 bits per heavy atom. The Hall–Kier alpha value is -2.09. The molecule has 2 aromatic rings. The molecular weight excluding hydrogens is 318 g/mol. The molecule has 0 amide bonds. The summed E-state index contributed by atoms with van der Waals surface area (Å²) in [5.74, 6) is 1.73. The van der Waals surface area contributed by atoms with Crippen LogP contribution in [0.15, 0.2) is 47.5 Å². The molecule has 2 nitrogen and oxygen atoms in total. The lowest BCUT2D eigenvalue weighted by molar-refractivity contribution is 0.145. The highest BCUT2D eigenvalue weighted by Crippen LogP contribution is 2.35. The standard InChI is InChI=1S/C24H31NO/c1-18-6-15-24(19(2)17-18)26-23-13-11-22(12-14-23)21-9-7-20(8-10-21)5-4-16-25-3/h6-10,15,17,22-23H,3-5,11-14,16H2,1-2H3. The van der Waals surface area contributed by atoms with Gasteiger partial charge in [0.2, 0.25) is 0 Å². The summed E-state index contributed by atoms with van der Waals surface area (Å²) in [6.07, 6.45) is 7.26. The Balaban J connectivity index is 1.50. The predicted octanol–water partition coefficient (Wildman–Crippen LogP) is 6.04. The molecule has 1 aliphatic carbocycles. The van der Waals surface area contributed by atoms with Crippen molar-refractivity contribution in [1.82, 2.24) is 0 Å². The zero-order valence-corrected chi connectivity index (χ0v) is 16.2. The van der Waals surface area contributed by atoms with E-state index in [4.69, 9.17) is 4.74 Å². The number of hydrogen-bond acceptors (Lipinski definition) is 2. The second-order valence-corrected chi connectivity index (χ2v) is 7.65. The smallest absolute Gasteiger partial charge is 0.122 e. The van der Waals surface area contributed by atoms with Crippen molar-refractivity contribution < 1.29 is 4.74 Å². The first-order valence-corrected chi connectivity index (χ1v) is 9.91. The van der Waals surface area contributed by atoms with E-state index in [1.54, 1.807) is 0 Å². The number of hydrogen-bond donors (Lipinski definition) is 0. The number of aryl methyl sites for hydroxylation is 3. The van der Waals surface area contributed by atoms with Crippen molar-refractivity contribution in [3.05, 3.63) is 64.7 Å². The summed E-state index contributed by atoms with van der Waals surface area (Å²) in [7, 11) is 0. The monoisotopic (exact) mass is 349 g/mol. The maximum Gasteiger partial charge on any atom is 0.122 e. The largest absolute Gasteiger partial charge is 0.490 e. The lowest BCUT2D eigenvalue weighted by Crippen LogP contribution is -2.23. The molecule has 0 aromatic heterocycles. The first-order valence-electron chi connectivity index (χ1n) is 9.91. The Labute approximate surface area is 158 Å². The van der Waals surface area contributed by atoms with Gasteiger partial charge in [0.1, 0.15) is 5.75 Å². The highest BCUT2D eigenvalue weighted by Gasteiger charge is 2.23. The zero-order chi connectivity index (χ0) is 18.4.